The van der Waals surface area contributed by atoms with E-state index in [2.05, 4.69) is 29.2 Å². The van der Waals surface area contributed by atoms with Crippen LogP contribution in [0.25, 0.3) is 38.4 Å². The summed E-state index contributed by atoms with van der Waals surface area (Å²) >= 11 is 3.21. The van der Waals surface area contributed by atoms with Crippen LogP contribution in [0.5, 0.6) is 0 Å². The molecule has 240 valence electrons. The summed E-state index contributed by atoms with van der Waals surface area (Å²) < 4.78 is 76.8. The molecule has 1 aliphatic rings. The second-order valence-electron chi connectivity index (χ2n) is 10.9. The molecule has 6 rings (SSSR count). The highest BCUT2D eigenvalue weighted by molar-refractivity contribution is 8.03. The standard InChI is InChI=1S/C33H32N2O7S4/c1-2-23(20-31-35(16-7-19-46(39,40)41)33-26-9-4-3-8-24(26)11-13-28(33)42-31)21-32-34(15-6-18-45(36,37)38)27-22-25(12-14-30(27)44-32)29-10-5-17-43-29/h3-5,8-14,17,20-22H,2,6-7,15-16,18-19H2,1H3,(H-,36,37,38,39,40,41)/p-1. The molecule has 0 radical (unpaired) electrons. The molecular weight excluding hydrogens is 665 g/mol. The van der Waals surface area contributed by atoms with Crippen LogP contribution in [-0.4, -0.2) is 44.0 Å². The summed E-state index contributed by atoms with van der Waals surface area (Å²) in [4.78, 5) is 4.20. The molecule has 9 nitrogen and oxygen atoms in total. The van der Waals surface area contributed by atoms with Gasteiger partial charge in [-0.25, -0.2) is 16.8 Å². The van der Waals surface area contributed by atoms with Crippen molar-refractivity contribution >= 4 is 77.0 Å². The summed E-state index contributed by atoms with van der Waals surface area (Å²) in [6, 6.07) is 22.0. The predicted molar refractivity (Wildman–Crippen MR) is 182 cm³/mol. The summed E-state index contributed by atoms with van der Waals surface area (Å²) in [6.45, 7) is 2.63. The number of allylic oxidation sites excluding steroid dienone is 2. The number of hydrogen-bond acceptors (Lipinski definition) is 10. The molecule has 3 aromatic carbocycles. The molecule has 2 aromatic heterocycles. The van der Waals surface area contributed by atoms with Gasteiger partial charge in [-0.1, -0.05) is 55.1 Å². The van der Waals surface area contributed by atoms with Gasteiger partial charge in [0, 0.05) is 34.2 Å². The van der Waals surface area contributed by atoms with E-state index in [4.69, 9.17) is 4.42 Å². The van der Waals surface area contributed by atoms with E-state index in [0.29, 0.717) is 24.4 Å². The van der Waals surface area contributed by atoms with Crippen LogP contribution in [0, 0.1) is 0 Å². The third kappa shape index (κ3) is 7.40. The minimum atomic E-state index is -4.38. The molecule has 3 heterocycles. The monoisotopic (exact) mass is 695 g/mol. The molecule has 0 saturated heterocycles. The van der Waals surface area contributed by atoms with Gasteiger partial charge in [-0.2, -0.15) is 4.57 Å². The molecule has 0 fully saturated rings. The minimum Gasteiger partial charge on any atom is -0.748 e. The van der Waals surface area contributed by atoms with E-state index in [1.807, 2.05) is 71.5 Å². The number of aryl methyl sites for hydroxylation is 1. The van der Waals surface area contributed by atoms with E-state index in [-0.39, 0.29) is 19.4 Å². The zero-order valence-electron chi connectivity index (χ0n) is 24.9. The Morgan fingerprint density at radius 2 is 1.74 bits per heavy atom. The number of oxazole rings is 1. The van der Waals surface area contributed by atoms with Crippen LogP contribution in [0.3, 0.4) is 0 Å². The summed E-state index contributed by atoms with van der Waals surface area (Å²) in [5, 5.41) is 4.87. The molecule has 0 atom stereocenters. The summed E-state index contributed by atoms with van der Waals surface area (Å²) in [5.74, 6) is -0.418. The van der Waals surface area contributed by atoms with Gasteiger partial charge in [0.05, 0.1) is 42.4 Å². The number of fused-ring (bicyclic) bond motifs is 4. The minimum absolute atomic E-state index is 0.131. The molecule has 1 aliphatic heterocycles. The number of hydrogen-bond donors (Lipinski definition) is 0. The molecule has 46 heavy (non-hydrogen) atoms. The van der Waals surface area contributed by atoms with Gasteiger partial charge < -0.3 is 18.4 Å². The normalized spacial score (nSPS) is 15.0. The summed E-state index contributed by atoms with van der Waals surface area (Å²) in [5.41, 5.74) is 4.38. The van der Waals surface area contributed by atoms with Crippen molar-refractivity contribution in [2.45, 2.75) is 37.6 Å². The van der Waals surface area contributed by atoms with Crippen LogP contribution in [0.1, 0.15) is 32.1 Å². The Kier molecular flexibility index (Phi) is 9.42. The quantitative estimate of drug-likeness (QED) is 0.103. The van der Waals surface area contributed by atoms with Crippen molar-refractivity contribution in [2.75, 3.05) is 23.0 Å². The summed E-state index contributed by atoms with van der Waals surface area (Å²) in [7, 11) is -8.74. The molecule has 0 bridgehead atoms. The average molecular weight is 696 g/mol. The smallest absolute Gasteiger partial charge is 0.374 e. The van der Waals surface area contributed by atoms with E-state index in [1.54, 1.807) is 23.1 Å². The first-order valence-electron chi connectivity index (χ1n) is 14.8. The molecule has 0 N–H and O–H groups in total. The van der Waals surface area contributed by atoms with Crippen molar-refractivity contribution in [3.05, 3.63) is 94.7 Å². The first-order valence-corrected chi connectivity index (χ1v) is 19.6. The highest BCUT2D eigenvalue weighted by Crippen LogP contribution is 2.48. The van der Waals surface area contributed by atoms with Gasteiger partial charge in [0.25, 0.3) is 5.52 Å². The second-order valence-corrected chi connectivity index (χ2v) is 16.0. The molecule has 13 heteroatoms. The number of anilines is 1. The van der Waals surface area contributed by atoms with Gasteiger partial charge in [0.2, 0.25) is 5.58 Å². The lowest BCUT2D eigenvalue weighted by atomic mass is 10.1. The van der Waals surface area contributed by atoms with Crippen molar-refractivity contribution < 1.29 is 34.9 Å². The Morgan fingerprint density at radius 3 is 2.48 bits per heavy atom. The maximum absolute atomic E-state index is 11.4. The van der Waals surface area contributed by atoms with Crippen molar-refractivity contribution in [1.29, 1.82) is 0 Å². The van der Waals surface area contributed by atoms with Gasteiger partial charge in [0.1, 0.15) is 0 Å². The van der Waals surface area contributed by atoms with E-state index < -0.39 is 31.7 Å². The number of nitrogens with zero attached hydrogens (tertiary/aromatic N) is 2. The fraction of sp³-hybridized carbons (Fsp3) is 0.242. The van der Waals surface area contributed by atoms with Crippen LogP contribution in [-0.2, 0) is 26.8 Å². The largest absolute Gasteiger partial charge is 0.748 e. The van der Waals surface area contributed by atoms with E-state index in [0.717, 1.165) is 47.9 Å². The Labute approximate surface area is 276 Å². The van der Waals surface area contributed by atoms with Crippen molar-refractivity contribution in [1.82, 2.24) is 0 Å². The predicted octanol–water partition coefficient (Wildman–Crippen LogP) is 6.72. The molecule has 0 amide bonds. The van der Waals surface area contributed by atoms with E-state index in [9.17, 15) is 25.9 Å². The number of benzene rings is 3. The Bertz CT molecular complexity index is 2190. The lowest BCUT2D eigenvalue weighted by Crippen LogP contribution is -2.36. The van der Waals surface area contributed by atoms with Gasteiger partial charge in [-0.15, -0.1) is 11.3 Å². The van der Waals surface area contributed by atoms with Crippen molar-refractivity contribution in [3.63, 3.8) is 0 Å². The molecule has 5 aromatic rings. The van der Waals surface area contributed by atoms with Crippen molar-refractivity contribution in [3.8, 4) is 10.4 Å². The lowest BCUT2D eigenvalue weighted by molar-refractivity contribution is -0.677. The van der Waals surface area contributed by atoms with E-state index in [1.165, 1.54) is 0 Å². The maximum atomic E-state index is 11.4. The summed E-state index contributed by atoms with van der Waals surface area (Å²) in [6.07, 6.45) is 4.91. The first kappa shape index (κ1) is 32.5. The van der Waals surface area contributed by atoms with Gasteiger partial charge in [0.15, 0.2) is 6.54 Å². The van der Waals surface area contributed by atoms with Crippen LogP contribution in [0.15, 0.2) is 98.1 Å². The first-order chi connectivity index (χ1) is 22.0. The van der Waals surface area contributed by atoms with Gasteiger partial charge in [-0.05, 0) is 71.2 Å². The maximum Gasteiger partial charge on any atom is 0.374 e. The Hall–Kier alpha value is -3.46. The number of thioether (sulfide) groups is 1. The average Bonchev–Trinajstić information content (AvgIpc) is 3.74. The number of aromatic nitrogens is 1. The third-order valence-electron chi connectivity index (χ3n) is 7.73. The van der Waals surface area contributed by atoms with E-state index >= 15 is 0 Å². The van der Waals surface area contributed by atoms with Crippen LogP contribution < -0.4 is 9.47 Å². The van der Waals surface area contributed by atoms with Gasteiger partial charge in [-0.3, -0.25) is 0 Å². The third-order valence-corrected chi connectivity index (χ3v) is 11.3. The van der Waals surface area contributed by atoms with Crippen LogP contribution >= 0.6 is 23.1 Å². The molecular formula is C33H31N2O7S4-. The van der Waals surface area contributed by atoms with Gasteiger partial charge >= 0.3 is 5.89 Å². The van der Waals surface area contributed by atoms with Crippen LogP contribution in [0.4, 0.5) is 5.69 Å². The Balaban J connectivity index is 1.41. The highest BCUT2D eigenvalue weighted by atomic mass is 32.2. The lowest BCUT2D eigenvalue weighted by Gasteiger charge is -2.21. The Morgan fingerprint density at radius 1 is 0.957 bits per heavy atom. The van der Waals surface area contributed by atoms with Crippen LogP contribution in [0.2, 0.25) is 0 Å². The number of thiophene rings is 1. The van der Waals surface area contributed by atoms with Crippen molar-refractivity contribution in [2.24, 2.45) is 0 Å². The molecule has 0 spiro atoms. The highest BCUT2D eigenvalue weighted by Gasteiger charge is 2.27. The fourth-order valence-electron chi connectivity index (χ4n) is 5.60. The topological polar surface area (TPSA) is 135 Å². The number of rotatable bonds is 12. The zero-order chi connectivity index (χ0) is 32.5. The zero-order valence-corrected chi connectivity index (χ0v) is 28.2. The fourth-order valence-corrected chi connectivity index (χ4v) is 8.43. The molecule has 0 saturated carbocycles. The molecule has 0 unspecified atom stereocenters. The molecule has 0 aliphatic carbocycles. The SMILES string of the molecule is CCC(/C=C1\Sc2ccc(-c3cccs3)cc2N1CCCS(=O)(=O)[O-])=C\c1oc2ccc3ccccc3c2[n+]1CCCS(=O)(=O)[O-]. The second kappa shape index (κ2) is 13.3.